The zero-order valence-electron chi connectivity index (χ0n) is 6.51. The lowest BCUT2D eigenvalue weighted by Gasteiger charge is -2.16. The summed E-state index contributed by atoms with van der Waals surface area (Å²) in [6.45, 7) is 0.636. The summed E-state index contributed by atoms with van der Waals surface area (Å²) in [5.41, 5.74) is 0.889. The largest absolute Gasteiger partial charge is 0.505 e. The van der Waals surface area contributed by atoms with Gasteiger partial charge in [-0.15, -0.1) is 0 Å². The molecule has 64 valence electrons. The fraction of sp³-hybridized carbons (Fsp3) is 0.333. The van der Waals surface area contributed by atoms with Crippen LogP contribution in [0.1, 0.15) is 12.0 Å². The van der Waals surface area contributed by atoms with Crippen molar-refractivity contribution in [3.05, 3.63) is 23.5 Å². The molecule has 0 aromatic heterocycles. The highest BCUT2D eigenvalue weighted by Crippen LogP contribution is 2.30. The van der Waals surface area contributed by atoms with E-state index in [0.29, 0.717) is 12.4 Å². The van der Waals surface area contributed by atoms with Crippen LogP contribution < -0.4 is 4.74 Å². The number of benzene rings is 1. The van der Waals surface area contributed by atoms with Gasteiger partial charge < -0.3 is 9.84 Å². The lowest BCUT2D eigenvalue weighted by Crippen LogP contribution is -2.08. The van der Waals surface area contributed by atoms with Gasteiger partial charge in [0.2, 0.25) is 0 Å². The van der Waals surface area contributed by atoms with Crippen molar-refractivity contribution in [1.29, 1.82) is 0 Å². The van der Waals surface area contributed by atoms with Crippen LogP contribution in [0, 0.1) is 5.82 Å². The summed E-state index contributed by atoms with van der Waals surface area (Å²) in [5, 5.41) is 9.04. The van der Waals surface area contributed by atoms with Crippen LogP contribution in [0.4, 0.5) is 4.39 Å². The van der Waals surface area contributed by atoms with E-state index >= 15 is 0 Å². The standard InChI is InChI=1S/C9H9FO2/c10-7-5-9-6(4-8(7)11)2-1-3-12-9/h4-5,11H,1-3H2. The molecule has 12 heavy (non-hydrogen) atoms. The first-order chi connectivity index (χ1) is 5.77. The second-order valence-corrected chi connectivity index (χ2v) is 2.86. The summed E-state index contributed by atoms with van der Waals surface area (Å²) < 4.78 is 18.0. The van der Waals surface area contributed by atoms with Crippen molar-refractivity contribution in [2.45, 2.75) is 12.8 Å². The predicted molar refractivity (Wildman–Crippen MR) is 41.9 cm³/mol. The molecule has 0 atom stereocenters. The molecule has 1 aromatic carbocycles. The molecule has 0 unspecified atom stereocenters. The highest BCUT2D eigenvalue weighted by molar-refractivity contribution is 5.41. The van der Waals surface area contributed by atoms with Crippen molar-refractivity contribution in [1.82, 2.24) is 0 Å². The molecule has 1 aliphatic rings. The van der Waals surface area contributed by atoms with E-state index in [9.17, 15) is 4.39 Å². The molecule has 0 saturated heterocycles. The molecule has 1 aliphatic heterocycles. The number of aromatic hydroxyl groups is 1. The number of phenols is 1. The number of aryl methyl sites for hydroxylation is 1. The van der Waals surface area contributed by atoms with E-state index in [1.54, 1.807) is 0 Å². The van der Waals surface area contributed by atoms with E-state index in [-0.39, 0.29) is 5.75 Å². The van der Waals surface area contributed by atoms with Crippen LogP contribution in [0.15, 0.2) is 12.1 Å². The average Bonchev–Trinajstić information content (AvgIpc) is 2.07. The van der Waals surface area contributed by atoms with Crippen LogP contribution >= 0.6 is 0 Å². The third kappa shape index (κ3) is 1.11. The molecule has 1 N–H and O–H groups in total. The van der Waals surface area contributed by atoms with E-state index in [1.807, 2.05) is 0 Å². The molecular weight excluding hydrogens is 159 g/mol. The summed E-state index contributed by atoms with van der Waals surface area (Å²) in [6, 6.07) is 2.67. The summed E-state index contributed by atoms with van der Waals surface area (Å²) >= 11 is 0. The summed E-state index contributed by atoms with van der Waals surface area (Å²) in [6.07, 6.45) is 1.78. The van der Waals surface area contributed by atoms with Gasteiger partial charge in [-0.2, -0.15) is 0 Å². The topological polar surface area (TPSA) is 29.5 Å². The number of hydrogen-bond acceptors (Lipinski definition) is 2. The molecule has 0 spiro atoms. The van der Waals surface area contributed by atoms with Crippen molar-refractivity contribution in [2.24, 2.45) is 0 Å². The zero-order valence-corrected chi connectivity index (χ0v) is 6.51. The van der Waals surface area contributed by atoms with Crippen LogP contribution in [0.5, 0.6) is 11.5 Å². The van der Waals surface area contributed by atoms with Crippen molar-refractivity contribution in [3.8, 4) is 11.5 Å². The van der Waals surface area contributed by atoms with Crippen molar-refractivity contribution < 1.29 is 14.2 Å². The van der Waals surface area contributed by atoms with E-state index in [1.165, 1.54) is 12.1 Å². The molecule has 0 fully saturated rings. The molecule has 0 aliphatic carbocycles. The molecule has 2 nitrogen and oxygen atoms in total. The fourth-order valence-electron chi connectivity index (χ4n) is 1.36. The van der Waals surface area contributed by atoms with Gasteiger partial charge in [-0.05, 0) is 24.5 Å². The Kier molecular flexibility index (Phi) is 1.64. The van der Waals surface area contributed by atoms with Crippen LogP contribution in [0.3, 0.4) is 0 Å². The second kappa shape index (κ2) is 2.66. The molecule has 0 radical (unpaired) electrons. The predicted octanol–water partition coefficient (Wildman–Crippen LogP) is 1.86. The van der Waals surface area contributed by atoms with Gasteiger partial charge >= 0.3 is 0 Å². The minimum atomic E-state index is -0.615. The Morgan fingerprint density at radius 3 is 3.08 bits per heavy atom. The number of ether oxygens (including phenoxy) is 1. The van der Waals surface area contributed by atoms with E-state index < -0.39 is 5.82 Å². The molecule has 0 amide bonds. The van der Waals surface area contributed by atoms with Crippen LogP contribution in [0.25, 0.3) is 0 Å². The normalized spacial score (nSPS) is 15.1. The molecule has 1 aromatic rings. The maximum Gasteiger partial charge on any atom is 0.168 e. The van der Waals surface area contributed by atoms with Gasteiger partial charge in [-0.1, -0.05) is 0 Å². The van der Waals surface area contributed by atoms with E-state index in [2.05, 4.69) is 0 Å². The highest BCUT2D eigenvalue weighted by Gasteiger charge is 2.13. The quantitative estimate of drug-likeness (QED) is 0.640. The Hall–Kier alpha value is -1.25. The Balaban J connectivity index is 2.49. The van der Waals surface area contributed by atoms with Crippen LogP contribution in [-0.2, 0) is 6.42 Å². The highest BCUT2D eigenvalue weighted by atomic mass is 19.1. The monoisotopic (exact) mass is 168 g/mol. The number of hydrogen-bond donors (Lipinski definition) is 1. The molecular formula is C9H9FO2. The first kappa shape index (κ1) is 7.40. The minimum absolute atomic E-state index is 0.292. The van der Waals surface area contributed by atoms with Gasteiger partial charge in [0.25, 0.3) is 0 Å². The Bertz CT molecular complexity index is 279. The summed E-state index contributed by atoms with van der Waals surface area (Å²) in [7, 11) is 0. The average molecular weight is 168 g/mol. The Morgan fingerprint density at radius 2 is 2.25 bits per heavy atom. The van der Waals surface area contributed by atoms with Gasteiger partial charge in [0.1, 0.15) is 5.75 Å². The number of halogens is 1. The lowest BCUT2D eigenvalue weighted by molar-refractivity contribution is 0.284. The van der Waals surface area contributed by atoms with Crippen molar-refractivity contribution in [2.75, 3.05) is 6.61 Å². The van der Waals surface area contributed by atoms with E-state index in [0.717, 1.165) is 18.4 Å². The first-order valence-electron chi connectivity index (χ1n) is 3.91. The van der Waals surface area contributed by atoms with Crippen molar-refractivity contribution in [3.63, 3.8) is 0 Å². The molecule has 3 heteroatoms. The second-order valence-electron chi connectivity index (χ2n) is 2.86. The summed E-state index contributed by atoms with van der Waals surface area (Å²) in [4.78, 5) is 0. The third-order valence-electron chi connectivity index (χ3n) is 1.98. The van der Waals surface area contributed by atoms with E-state index in [4.69, 9.17) is 9.84 Å². The first-order valence-corrected chi connectivity index (χ1v) is 3.91. The van der Waals surface area contributed by atoms with Gasteiger partial charge in [0, 0.05) is 6.07 Å². The fourth-order valence-corrected chi connectivity index (χ4v) is 1.36. The number of phenolic OH excluding ortho intramolecular Hbond substituents is 1. The van der Waals surface area contributed by atoms with Gasteiger partial charge in [-0.3, -0.25) is 0 Å². The van der Waals surface area contributed by atoms with Gasteiger partial charge in [-0.25, -0.2) is 4.39 Å². The maximum absolute atomic E-state index is 12.8. The Labute approximate surface area is 69.6 Å². The number of fused-ring (bicyclic) bond motifs is 1. The third-order valence-corrected chi connectivity index (χ3v) is 1.98. The SMILES string of the molecule is Oc1cc2c(cc1F)OCCC2. The van der Waals surface area contributed by atoms with Gasteiger partial charge in [0.15, 0.2) is 11.6 Å². The molecule has 0 saturated carbocycles. The Morgan fingerprint density at radius 1 is 1.42 bits per heavy atom. The molecule has 0 bridgehead atoms. The smallest absolute Gasteiger partial charge is 0.168 e. The van der Waals surface area contributed by atoms with Crippen LogP contribution in [0.2, 0.25) is 0 Å². The molecule has 2 rings (SSSR count). The minimum Gasteiger partial charge on any atom is -0.505 e. The molecule has 1 heterocycles. The summed E-state index contributed by atoms with van der Waals surface area (Å²) in [5.74, 6) is -0.341. The maximum atomic E-state index is 12.8. The lowest BCUT2D eigenvalue weighted by atomic mass is 10.1. The van der Waals surface area contributed by atoms with Crippen LogP contribution in [-0.4, -0.2) is 11.7 Å². The van der Waals surface area contributed by atoms with Gasteiger partial charge in [0.05, 0.1) is 6.61 Å². The zero-order chi connectivity index (χ0) is 8.55. The number of rotatable bonds is 0. The van der Waals surface area contributed by atoms with Crippen molar-refractivity contribution >= 4 is 0 Å².